The van der Waals surface area contributed by atoms with Crippen LogP contribution >= 0.6 is 0 Å². The average molecular weight is 226 g/mol. The molecule has 4 N–H and O–H groups in total. The van der Waals surface area contributed by atoms with E-state index >= 15 is 0 Å². The quantitative estimate of drug-likeness (QED) is 0.529. The summed E-state index contributed by atoms with van der Waals surface area (Å²) in [5.41, 5.74) is -1.41. The number of hydrogen-bond donors (Lipinski definition) is 4. The Morgan fingerprint density at radius 3 is 2.06 bits per heavy atom. The first-order valence-corrected chi connectivity index (χ1v) is 5.72. The Hall–Kier alpha value is -1.46. The number of rotatable bonds is 4. The van der Waals surface area contributed by atoms with Crippen molar-refractivity contribution in [3.63, 3.8) is 0 Å². The van der Waals surface area contributed by atoms with Gasteiger partial charge < -0.3 is 21.3 Å². The number of nitrogens with one attached hydrogen (secondary N) is 4. The highest BCUT2D eigenvalue weighted by Crippen LogP contribution is 2.31. The van der Waals surface area contributed by atoms with Crippen LogP contribution in [0.2, 0.25) is 0 Å². The van der Waals surface area contributed by atoms with Crippen molar-refractivity contribution in [2.75, 3.05) is 0 Å². The van der Waals surface area contributed by atoms with Crippen molar-refractivity contribution < 1.29 is 9.59 Å². The van der Waals surface area contributed by atoms with Gasteiger partial charge in [0.05, 0.1) is 0 Å². The highest BCUT2D eigenvalue weighted by Gasteiger charge is 2.61. The molecule has 0 aromatic rings. The van der Waals surface area contributed by atoms with Gasteiger partial charge in [-0.1, -0.05) is 19.8 Å². The second-order valence-electron chi connectivity index (χ2n) is 4.65. The van der Waals surface area contributed by atoms with Gasteiger partial charge in [-0.05, 0) is 19.8 Å². The predicted molar refractivity (Wildman–Crippen MR) is 58.6 cm³/mol. The Labute approximate surface area is 94.5 Å². The molecule has 2 fully saturated rings. The number of hydrogen-bond acceptors (Lipinski definition) is 2. The number of urea groups is 2. The van der Waals surface area contributed by atoms with Crippen LogP contribution in [-0.2, 0) is 0 Å². The molecule has 2 rings (SSSR count). The summed E-state index contributed by atoms with van der Waals surface area (Å²) in [6.45, 7) is 3.93. The molecule has 0 aromatic heterocycles. The monoisotopic (exact) mass is 226 g/mol. The van der Waals surface area contributed by atoms with Gasteiger partial charge in [0.15, 0.2) is 11.3 Å². The Kier molecular flexibility index (Phi) is 2.44. The second kappa shape index (κ2) is 3.54. The molecule has 0 spiro atoms. The summed E-state index contributed by atoms with van der Waals surface area (Å²) < 4.78 is 0. The fourth-order valence-electron chi connectivity index (χ4n) is 2.45. The minimum Gasteiger partial charge on any atom is -0.312 e. The molecule has 4 amide bonds. The first kappa shape index (κ1) is 11.0. The van der Waals surface area contributed by atoms with Gasteiger partial charge in [0.2, 0.25) is 0 Å². The van der Waals surface area contributed by atoms with Crippen molar-refractivity contribution in [2.24, 2.45) is 0 Å². The summed E-state index contributed by atoms with van der Waals surface area (Å²) in [7, 11) is 0. The number of carbonyl (C=O) groups excluding carboxylic acids is 2. The molecule has 0 atom stereocenters. The molecular weight excluding hydrogens is 208 g/mol. The lowest BCUT2D eigenvalue weighted by atomic mass is 9.92. The molecule has 0 aromatic carbocycles. The van der Waals surface area contributed by atoms with Crippen LogP contribution in [0.4, 0.5) is 9.59 Å². The van der Waals surface area contributed by atoms with Gasteiger partial charge in [-0.2, -0.15) is 0 Å². The average Bonchev–Trinajstić information content (AvgIpc) is 2.49. The molecule has 6 nitrogen and oxygen atoms in total. The van der Waals surface area contributed by atoms with Gasteiger partial charge in [-0.25, -0.2) is 9.59 Å². The van der Waals surface area contributed by atoms with Crippen LogP contribution in [0.15, 0.2) is 0 Å². The second-order valence-corrected chi connectivity index (χ2v) is 4.65. The molecule has 0 radical (unpaired) electrons. The highest BCUT2D eigenvalue weighted by atomic mass is 16.2. The van der Waals surface area contributed by atoms with Gasteiger partial charge in [-0.3, -0.25) is 0 Å². The van der Waals surface area contributed by atoms with Crippen molar-refractivity contribution in [3.8, 4) is 0 Å². The first-order valence-electron chi connectivity index (χ1n) is 5.72. The SMILES string of the molecule is CCCCC[C@]12NC(=O)N[C@@]1(C)NC(=O)N2. The maximum Gasteiger partial charge on any atom is 0.318 e. The van der Waals surface area contributed by atoms with Crippen LogP contribution < -0.4 is 21.3 Å². The third-order valence-electron chi connectivity index (χ3n) is 3.39. The van der Waals surface area contributed by atoms with Crippen LogP contribution in [-0.4, -0.2) is 23.4 Å². The van der Waals surface area contributed by atoms with E-state index in [2.05, 4.69) is 28.2 Å². The lowest BCUT2D eigenvalue weighted by Crippen LogP contribution is -2.63. The smallest absolute Gasteiger partial charge is 0.312 e. The third kappa shape index (κ3) is 1.48. The molecule has 16 heavy (non-hydrogen) atoms. The van der Waals surface area contributed by atoms with E-state index in [-0.39, 0.29) is 12.1 Å². The molecule has 2 heterocycles. The molecule has 6 heteroatoms. The van der Waals surface area contributed by atoms with Crippen LogP contribution in [0.25, 0.3) is 0 Å². The molecule has 2 aliphatic rings. The maximum absolute atomic E-state index is 11.4. The van der Waals surface area contributed by atoms with Crippen molar-refractivity contribution in [3.05, 3.63) is 0 Å². The number of carbonyl (C=O) groups is 2. The molecule has 0 bridgehead atoms. The molecule has 90 valence electrons. The van der Waals surface area contributed by atoms with E-state index in [9.17, 15) is 9.59 Å². The highest BCUT2D eigenvalue weighted by molar-refractivity contribution is 5.87. The van der Waals surface area contributed by atoms with E-state index < -0.39 is 11.3 Å². The van der Waals surface area contributed by atoms with Crippen LogP contribution in [0.5, 0.6) is 0 Å². The zero-order valence-electron chi connectivity index (χ0n) is 9.64. The number of fused-ring (bicyclic) bond motifs is 1. The van der Waals surface area contributed by atoms with Crippen molar-refractivity contribution in [1.82, 2.24) is 21.3 Å². The lowest BCUT2D eigenvalue weighted by molar-refractivity contribution is 0.204. The topological polar surface area (TPSA) is 82.3 Å². The lowest BCUT2D eigenvalue weighted by Gasteiger charge is -2.34. The van der Waals surface area contributed by atoms with E-state index in [1.54, 1.807) is 0 Å². The molecular formula is C10H18N4O2. The maximum atomic E-state index is 11.4. The third-order valence-corrected chi connectivity index (χ3v) is 3.39. The van der Waals surface area contributed by atoms with Crippen molar-refractivity contribution in [2.45, 2.75) is 50.9 Å². The Morgan fingerprint density at radius 1 is 1.00 bits per heavy atom. The van der Waals surface area contributed by atoms with Crippen LogP contribution in [0, 0.1) is 0 Å². The molecule has 0 saturated carbocycles. The van der Waals surface area contributed by atoms with Gasteiger partial charge in [0.1, 0.15) is 0 Å². The fourth-order valence-corrected chi connectivity index (χ4v) is 2.45. The summed E-state index contributed by atoms with van der Waals surface area (Å²) in [6, 6.07) is -0.488. The van der Waals surface area contributed by atoms with Gasteiger partial charge >= 0.3 is 12.1 Å². The zero-order chi connectivity index (χ0) is 11.8. The largest absolute Gasteiger partial charge is 0.318 e. The Morgan fingerprint density at radius 2 is 1.56 bits per heavy atom. The minimum absolute atomic E-state index is 0.244. The summed E-state index contributed by atoms with van der Waals surface area (Å²) in [4.78, 5) is 22.8. The Balaban J connectivity index is 2.14. The van der Waals surface area contributed by atoms with Crippen LogP contribution in [0.3, 0.4) is 0 Å². The Bertz CT molecular complexity index is 309. The molecule has 2 saturated heterocycles. The van der Waals surface area contributed by atoms with Gasteiger partial charge in [-0.15, -0.1) is 0 Å². The summed E-state index contributed by atoms with van der Waals surface area (Å²) in [5, 5.41) is 11.1. The van der Waals surface area contributed by atoms with E-state index in [1.807, 2.05) is 6.92 Å². The summed E-state index contributed by atoms with van der Waals surface area (Å²) >= 11 is 0. The minimum atomic E-state index is -0.727. The first-order chi connectivity index (χ1) is 7.51. The van der Waals surface area contributed by atoms with Crippen molar-refractivity contribution in [1.29, 1.82) is 0 Å². The van der Waals surface area contributed by atoms with E-state index in [4.69, 9.17) is 0 Å². The van der Waals surface area contributed by atoms with E-state index in [0.29, 0.717) is 0 Å². The normalized spacial score (nSPS) is 36.1. The standard InChI is InChI=1S/C10H18N4O2/c1-3-4-5-6-10-9(2,11-7(15)13-10)12-8(16)14-10/h3-6H2,1-2H3,(H2,11,13,15)(H2,12,14,16)/t9-,10+. The predicted octanol–water partition coefficient (Wildman–Crippen LogP) is 0.605. The van der Waals surface area contributed by atoms with Crippen LogP contribution in [0.1, 0.15) is 39.5 Å². The van der Waals surface area contributed by atoms with E-state index in [0.717, 1.165) is 25.7 Å². The van der Waals surface area contributed by atoms with Crippen molar-refractivity contribution >= 4 is 12.1 Å². The number of amides is 4. The fraction of sp³-hybridized carbons (Fsp3) is 0.800. The molecule has 0 unspecified atom stereocenters. The summed E-state index contributed by atoms with van der Waals surface area (Å²) in [6.07, 6.45) is 3.89. The molecule has 2 aliphatic heterocycles. The van der Waals surface area contributed by atoms with E-state index in [1.165, 1.54) is 0 Å². The summed E-state index contributed by atoms with van der Waals surface area (Å²) in [5.74, 6) is 0. The number of unbranched alkanes of at least 4 members (excludes halogenated alkanes) is 2. The van der Waals surface area contributed by atoms with Gasteiger partial charge in [0.25, 0.3) is 0 Å². The molecule has 0 aliphatic carbocycles. The van der Waals surface area contributed by atoms with Gasteiger partial charge in [0, 0.05) is 0 Å². The zero-order valence-corrected chi connectivity index (χ0v) is 9.64.